The molecule has 2 N–H and O–H groups in total. The van der Waals surface area contributed by atoms with Gasteiger partial charge in [0.1, 0.15) is 5.76 Å². The molecule has 0 bridgehead atoms. The third kappa shape index (κ3) is 4.05. The molecule has 0 unspecified atom stereocenters. The lowest BCUT2D eigenvalue weighted by Crippen LogP contribution is -2.35. The zero-order chi connectivity index (χ0) is 27.4. The van der Waals surface area contributed by atoms with E-state index < -0.39 is 11.5 Å². The molecule has 0 fully saturated rings. The predicted molar refractivity (Wildman–Crippen MR) is 155 cm³/mol. The van der Waals surface area contributed by atoms with E-state index in [1.54, 1.807) is 12.2 Å². The first kappa shape index (κ1) is 25.9. The number of nitrogens with zero attached hydrogens (tertiary/aromatic N) is 2. The van der Waals surface area contributed by atoms with E-state index in [9.17, 15) is 15.0 Å². The van der Waals surface area contributed by atoms with Gasteiger partial charge in [-0.25, -0.2) is 0 Å². The first-order valence-electron chi connectivity index (χ1n) is 13.6. The predicted octanol–water partition coefficient (Wildman–Crippen LogP) is 7.38. The quantitative estimate of drug-likeness (QED) is 0.449. The standard InChI is InChI=1S/C33H38N2O3/c1-7-34-21(19-32(3,4)25-13-9-11-15-27(25)34)17-23-29(36)24(31(38)30(23)37)18-22-20-33(5,6)26-14-10-12-16-28(26)35(22)8-2/h9-18,36H,7-8,19-20H2,1-6H3,(H,37,38)/b21-17+,22-18+. The Labute approximate surface area is 226 Å². The van der Waals surface area contributed by atoms with E-state index in [1.807, 2.05) is 12.1 Å². The summed E-state index contributed by atoms with van der Waals surface area (Å²) in [6.45, 7) is 14.4. The average molecular weight is 511 g/mol. The highest BCUT2D eigenvalue weighted by Gasteiger charge is 2.38. The molecule has 2 aromatic carbocycles. The van der Waals surface area contributed by atoms with Crippen molar-refractivity contribution in [3.8, 4) is 0 Å². The number of benzene rings is 2. The van der Waals surface area contributed by atoms with Gasteiger partial charge in [-0.05, 0) is 72.9 Å². The van der Waals surface area contributed by atoms with Crippen LogP contribution in [0.1, 0.15) is 65.5 Å². The number of Topliss-reactive ketones (excluding diaryl/α,β-unsaturated/α-hetero) is 1. The second-order valence-electron chi connectivity index (χ2n) is 11.8. The van der Waals surface area contributed by atoms with Crippen LogP contribution in [0.4, 0.5) is 11.4 Å². The third-order valence-electron chi connectivity index (χ3n) is 8.27. The fraction of sp³-hybridized carbons (Fsp3) is 0.364. The minimum atomic E-state index is -0.534. The van der Waals surface area contributed by atoms with Gasteiger partial charge in [-0.3, -0.25) is 4.79 Å². The molecule has 2 heterocycles. The highest BCUT2D eigenvalue weighted by Crippen LogP contribution is 2.46. The molecule has 38 heavy (non-hydrogen) atoms. The fourth-order valence-corrected chi connectivity index (χ4v) is 6.38. The number of ketones is 1. The van der Waals surface area contributed by atoms with Crippen LogP contribution in [0.15, 0.2) is 94.7 Å². The Kier molecular flexibility index (Phi) is 6.29. The molecular formula is C33H38N2O3. The molecule has 0 amide bonds. The Morgan fingerprint density at radius 2 is 1.13 bits per heavy atom. The van der Waals surface area contributed by atoms with Gasteiger partial charge >= 0.3 is 0 Å². The van der Waals surface area contributed by atoms with Crippen molar-refractivity contribution < 1.29 is 15.0 Å². The van der Waals surface area contributed by atoms with Crippen molar-refractivity contribution in [3.05, 3.63) is 106 Å². The molecule has 0 spiro atoms. The van der Waals surface area contributed by atoms with Crippen LogP contribution in [0.5, 0.6) is 0 Å². The van der Waals surface area contributed by atoms with Crippen molar-refractivity contribution in [2.75, 3.05) is 22.9 Å². The number of hydrogen-bond acceptors (Lipinski definition) is 5. The topological polar surface area (TPSA) is 64.0 Å². The lowest BCUT2D eigenvalue weighted by atomic mass is 9.76. The normalized spacial score (nSPS) is 22.4. The summed E-state index contributed by atoms with van der Waals surface area (Å²) in [6, 6.07) is 16.7. The summed E-state index contributed by atoms with van der Waals surface area (Å²) in [4.78, 5) is 17.7. The van der Waals surface area contributed by atoms with Crippen LogP contribution < -0.4 is 9.80 Å². The number of para-hydroxylation sites is 2. The smallest absolute Gasteiger partial charge is 0.231 e. The lowest BCUT2D eigenvalue weighted by molar-refractivity contribution is -0.114. The van der Waals surface area contributed by atoms with Crippen LogP contribution in [0.3, 0.4) is 0 Å². The summed E-state index contributed by atoms with van der Waals surface area (Å²) in [5.41, 5.74) is 6.78. The molecule has 1 aliphatic carbocycles. The minimum absolute atomic E-state index is 0.125. The van der Waals surface area contributed by atoms with E-state index in [2.05, 4.69) is 87.7 Å². The van der Waals surface area contributed by atoms with Gasteiger partial charge in [0.15, 0.2) is 5.76 Å². The number of hydrogen-bond donors (Lipinski definition) is 2. The average Bonchev–Trinajstić information content (AvgIpc) is 3.07. The summed E-state index contributed by atoms with van der Waals surface area (Å²) < 4.78 is 0. The highest BCUT2D eigenvalue weighted by atomic mass is 16.3. The fourth-order valence-electron chi connectivity index (χ4n) is 6.38. The van der Waals surface area contributed by atoms with Crippen molar-refractivity contribution in [2.45, 2.75) is 65.2 Å². The van der Waals surface area contributed by atoms with Gasteiger partial charge in [-0.15, -0.1) is 0 Å². The SMILES string of the molecule is CCN1/C(=C/C2=C(O)C(/C=C3\CC(C)(C)c4ccccc4N3CC)=C(O)C2=O)CC(C)(C)c2ccccc21. The number of aliphatic hydroxyl groups excluding tert-OH is 2. The maximum absolute atomic E-state index is 13.3. The number of rotatable bonds is 4. The van der Waals surface area contributed by atoms with E-state index in [4.69, 9.17) is 0 Å². The molecule has 5 rings (SSSR count). The molecular weight excluding hydrogens is 472 g/mol. The van der Waals surface area contributed by atoms with Crippen LogP contribution in [-0.2, 0) is 15.6 Å². The Morgan fingerprint density at radius 3 is 1.58 bits per heavy atom. The molecule has 0 saturated heterocycles. The number of anilines is 2. The first-order chi connectivity index (χ1) is 18.0. The zero-order valence-electron chi connectivity index (χ0n) is 23.3. The number of allylic oxidation sites excluding steroid dienone is 5. The van der Waals surface area contributed by atoms with Crippen molar-refractivity contribution >= 4 is 17.2 Å². The second-order valence-corrected chi connectivity index (χ2v) is 11.8. The van der Waals surface area contributed by atoms with E-state index >= 15 is 0 Å². The van der Waals surface area contributed by atoms with Gasteiger partial charge in [-0.1, -0.05) is 64.1 Å². The molecule has 5 nitrogen and oxygen atoms in total. The van der Waals surface area contributed by atoms with E-state index in [0.29, 0.717) is 6.42 Å². The summed E-state index contributed by atoms with van der Waals surface area (Å²) >= 11 is 0. The third-order valence-corrected chi connectivity index (χ3v) is 8.27. The molecule has 0 radical (unpaired) electrons. The van der Waals surface area contributed by atoms with Crippen LogP contribution in [0.2, 0.25) is 0 Å². The van der Waals surface area contributed by atoms with Crippen molar-refractivity contribution in [1.82, 2.24) is 0 Å². The molecule has 2 aromatic rings. The molecule has 0 aromatic heterocycles. The molecule has 3 aliphatic rings. The van der Waals surface area contributed by atoms with E-state index in [0.717, 1.165) is 42.3 Å². The summed E-state index contributed by atoms with van der Waals surface area (Å²) in [6.07, 6.45) is 5.01. The maximum atomic E-state index is 13.3. The van der Waals surface area contributed by atoms with Gasteiger partial charge in [0, 0.05) is 35.9 Å². The van der Waals surface area contributed by atoms with Gasteiger partial charge < -0.3 is 20.0 Å². The lowest BCUT2D eigenvalue weighted by Gasteiger charge is -2.42. The Morgan fingerprint density at radius 1 is 0.711 bits per heavy atom. The van der Waals surface area contributed by atoms with Gasteiger partial charge in [0.2, 0.25) is 5.78 Å². The van der Waals surface area contributed by atoms with Crippen molar-refractivity contribution in [1.29, 1.82) is 0 Å². The van der Waals surface area contributed by atoms with Gasteiger partial charge in [0.05, 0.1) is 11.1 Å². The molecule has 5 heteroatoms. The Bertz CT molecular complexity index is 1440. The van der Waals surface area contributed by atoms with Gasteiger partial charge in [-0.2, -0.15) is 0 Å². The number of carbonyl (C=O) groups excluding carboxylic acids is 1. The van der Waals surface area contributed by atoms with Crippen molar-refractivity contribution in [3.63, 3.8) is 0 Å². The number of carbonyl (C=O) groups is 1. The Hall–Kier alpha value is -3.73. The second kappa shape index (κ2) is 9.23. The van der Waals surface area contributed by atoms with E-state index in [-0.39, 0.29) is 27.7 Å². The first-order valence-corrected chi connectivity index (χ1v) is 13.6. The summed E-state index contributed by atoms with van der Waals surface area (Å²) in [5.74, 6) is -1.09. The van der Waals surface area contributed by atoms with Crippen LogP contribution >= 0.6 is 0 Å². The van der Waals surface area contributed by atoms with Crippen LogP contribution in [0, 0.1) is 0 Å². The zero-order valence-corrected chi connectivity index (χ0v) is 23.3. The molecule has 198 valence electrons. The molecule has 2 aliphatic heterocycles. The number of aliphatic hydroxyl groups is 2. The maximum Gasteiger partial charge on any atom is 0.231 e. The largest absolute Gasteiger partial charge is 0.506 e. The van der Waals surface area contributed by atoms with Crippen LogP contribution in [0.25, 0.3) is 0 Å². The van der Waals surface area contributed by atoms with Gasteiger partial charge in [0.25, 0.3) is 0 Å². The Balaban J connectivity index is 1.58. The minimum Gasteiger partial charge on any atom is -0.506 e. The van der Waals surface area contributed by atoms with Crippen LogP contribution in [-0.4, -0.2) is 29.1 Å². The number of fused-ring (bicyclic) bond motifs is 2. The molecule has 0 atom stereocenters. The van der Waals surface area contributed by atoms with E-state index in [1.165, 1.54) is 11.1 Å². The monoisotopic (exact) mass is 510 g/mol. The molecule has 0 saturated carbocycles. The summed E-state index contributed by atoms with van der Waals surface area (Å²) in [5, 5.41) is 22.3. The highest BCUT2D eigenvalue weighted by molar-refractivity contribution is 6.13. The van der Waals surface area contributed by atoms with Crippen molar-refractivity contribution in [2.24, 2.45) is 0 Å². The summed E-state index contributed by atoms with van der Waals surface area (Å²) in [7, 11) is 0.